The fraction of sp³-hybridized carbons (Fsp3) is 0.289. The second kappa shape index (κ2) is 17.5. The highest BCUT2D eigenvalue weighted by molar-refractivity contribution is 5.95. The zero-order chi connectivity index (χ0) is 32.7. The number of fused-ring (bicyclic) bond motifs is 1. The van der Waals surface area contributed by atoms with Gasteiger partial charge in [0.15, 0.2) is 0 Å². The van der Waals surface area contributed by atoms with Crippen LogP contribution in [-0.2, 0) is 6.42 Å². The summed E-state index contributed by atoms with van der Waals surface area (Å²) in [6.45, 7) is 10.2. The molecule has 0 aliphatic carbocycles. The van der Waals surface area contributed by atoms with E-state index in [-0.39, 0.29) is 0 Å². The number of anilines is 2. The van der Waals surface area contributed by atoms with Crippen LogP contribution in [0.3, 0.4) is 0 Å². The van der Waals surface area contributed by atoms with E-state index in [1.54, 1.807) is 6.21 Å². The van der Waals surface area contributed by atoms with Crippen LogP contribution in [0.5, 0.6) is 5.75 Å². The maximum atomic E-state index is 5.99. The van der Waals surface area contributed by atoms with Gasteiger partial charge in [0.1, 0.15) is 18.1 Å². The third-order valence-corrected chi connectivity index (χ3v) is 7.88. The van der Waals surface area contributed by atoms with Crippen molar-refractivity contribution >= 4 is 35.5 Å². The van der Waals surface area contributed by atoms with Crippen LogP contribution in [0.1, 0.15) is 37.4 Å². The summed E-state index contributed by atoms with van der Waals surface area (Å²) < 4.78 is 7.88. The van der Waals surface area contributed by atoms with Gasteiger partial charge in [-0.3, -0.25) is 9.98 Å². The van der Waals surface area contributed by atoms with Crippen molar-refractivity contribution in [2.24, 2.45) is 9.98 Å². The molecule has 0 radical (unpaired) electrons. The monoisotopic (exact) mass is 630 g/mol. The zero-order valence-corrected chi connectivity index (χ0v) is 27.5. The van der Waals surface area contributed by atoms with Crippen molar-refractivity contribution in [1.82, 2.24) is 19.5 Å². The Labute approximate surface area is 278 Å². The molecule has 244 valence electrons. The first-order valence-corrected chi connectivity index (χ1v) is 16.4. The fourth-order valence-corrected chi connectivity index (χ4v) is 5.38. The molecule has 47 heavy (non-hydrogen) atoms. The van der Waals surface area contributed by atoms with E-state index >= 15 is 0 Å². The van der Waals surface area contributed by atoms with Gasteiger partial charge in [0.2, 0.25) is 0 Å². The Morgan fingerprint density at radius 3 is 2.68 bits per heavy atom. The predicted octanol–water partition coefficient (Wildman–Crippen LogP) is 7.67. The van der Waals surface area contributed by atoms with Crippen molar-refractivity contribution in [2.45, 2.75) is 32.6 Å². The van der Waals surface area contributed by atoms with Crippen molar-refractivity contribution in [3.63, 3.8) is 0 Å². The van der Waals surface area contributed by atoms with Crippen LogP contribution < -0.4 is 15.4 Å². The van der Waals surface area contributed by atoms with E-state index in [0.29, 0.717) is 19.0 Å². The maximum Gasteiger partial charge on any atom is 0.121 e. The Kier molecular flexibility index (Phi) is 12.4. The number of hydrogen-bond acceptors (Lipinski definition) is 7. The SMILES string of the molecule is C=N/C(=C\C=N/CNc1cccc(OCCCN(C)CCCC)c1)c1c(-c2cccc(NCCc3ccc[nH]3)c2)nn2ccccc12. The molecule has 0 bridgehead atoms. The van der Waals surface area contributed by atoms with E-state index in [1.165, 1.54) is 18.5 Å². The number of allylic oxidation sites excluding steroid dienone is 1. The number of unbranched alkanes of at least 4 members (excludes halogenated alkanes) is 1. The Bertz CT molecular complexity index is 1750. The number of ether oxygens (including phenoxy) is 1. The van der Waals surface area contributed by atoms with Gasteiger partial charge in [-0.25, -0.2) is 4.52 Å². The molecule has 0 saturated heterocycles. The summed E-state index contributed by atoms with van der Waals surface area (Å²) in [5.41, 5.74) is 7.57. The summed E-state index contributed by atoms with van der Waals surface area (Å²) in [5, 5.41) is 11.8. The summed E-state index contributed by atoms with van der Waals surface area (Å²) in [6.07, 6.45) is 11.9. The number of nitrogens with one attached hydrogen (secondary N) is 3. The first-order valence-electron chi connectivity index (χ1n) is 16.4. The van der Waals surface area contributed by atoms with Gasteiger partial charge in [-0.15, -0.1) is 0 Å². The van der Waals surface area contributed by atoms with Gasteiger partial charge in [-0.1, -0.05) is 37.6 Å². The maximum absolute atomic E-state index is 5.99. The molecular weight excluding hydrogens is 584 g/mol. The normalized spacial score (nSPS) is 11.9. The van der Waals surface area contributed by atoms with E-state index in [4.69, 9.17) is 9.84 Å². The van der Waals surface area contributed by atoms with Gasteiger partial charge in [0, 0.05) is 66.8 Å². The molecule has 3 aromatic heterocycles. The Hall–Kier alpha value is -5.15. The number of H-pyrrole nitrogens is 1. The van der Waals surface area contributed by atoms with Gasteiger partial charge in [0.25, 0.3) is 0 Å². The number of rotatable bonds is 19. The van der Waals surface area contributed by atoms with Crippen LogP contribution in [0.15, 0.2) is 107 Å². The minimum atomic E-state index is 0.407. The van der Waals surface area contributed by atoms with Gasteiger partial charge in [-0.05, 0) is 87.8 Å². The molecule has 9 nitrogen and oxygen atoms in total. The number of aromatic nitrogens is 3. The summed E-state index contributed by atoms with van der Waals surface area (Å²) in [6, 6.07) is 26.5. The minimum Gasteiger partial charge on any atom is -0.493 e. The first-order chi connectivity index (χ1) is 23.1. The van der Waals surface area contributed by atoms with E-state index in [2.05, 4.69) is 75.5 Å². The molecule has 0 spiro atoms. The van der Waals surface area contributed by atoms with Gasteiger partial charge in [-0.2, -0.15) is 5.10 Å². The summed E-state index contributed by atoms with van der Waals surface area (Å²) in [4.78, 5) is 14.6. The second-order valence-electron chi connectivity index (χ2n) is 11.5. The Morgan fingerprint density at radius 1 is 1.00 bits per heavy atom. The Balaban J connectivity index is 1.22. The molecule has 0 unspecified atom stereocenters. The molecule has 2 aromatic carbocycles. The van der Waals surface area contributed by atoms with Gasteiger partial charge in [0.05, 0.1) is 23.4 Å². The van der Waals surface area contributed by atoms with Crippen LogP contribution in [-0.4, -0.2) is 72.4 Å². The highest BCUT2D eigenvalue weighted by Gasteiger charge is 2.17. The predicted molar refractivity (Wildman–Crippen MR) is 197 cm³/mol. The lowest BCUT2D eigenvalue weighted by molar-refractivity contribution is 0.261. The first kappa shape index (κ1) is 33.2. The summed E-state index contributed by atoms with van der Waals surface area (Å²) in [7, 11) is 2.17. The third kappa shape index (κ3) is 9.67. The quantitative estimate of drug-likeness (QED) is 0.0643. The Morgan fingerprint density at radius 2 is 1.85 bits per heavy atom. The van der Waals surface area contributed by atoms with Crippen LogP contribution in [0.4, 0.5) is 11.4 Å². The number of aromatic amines is 1. The fourth-order valence-electron chi connectivity index (χ4n) is 5.38. The lowest BCUT2D eigenvalue weighted by Crippen LogP contribution is -2.22. The van der Waals surface area contributed by atoms with Gasteiger partial charge < -0.3 is 25.3 Å². The highest BCUT2D eigenvalue weighted by Crippen LogP contribution is 2.33. The molecule has 0 aliphatic rings. The lowest BCUT2D eigenvalue weighted by atomic mass is 10.0. The van der Waals surface area contributed by atoms with Crippen LogP contribution in [0.2, 0.25) is 0 Å². The third-order valence-electron chi connectivity index (χ3n) is 7.88. The minimum absolute atomic E-state index is 0.407. The topological polar surface area (TPSA) is 94.3 Å². The van der Waals surface area contributed by atoms with E-state index in [1.807, 2.05) is 77.6 Å². The number of aliphatic imine (C=N–C) groups is 2. The highest BCUT2D eigenvalue weighted by atomic mass is 16.5. The zero-order valence-electron chi connectivity index (χ0n) is 27.5. The van der Waals surface area contributed by atoms with Gasteiger partial charge >= 0.3 is 0 Å². The largest absolute Gasteiger partial charge is 0.493 e. The van der Waals surface area contributed by atoms with E-state index in [9.17, 15) is 0 Å². The van der Waals surface area contributed by atoms with Crippen molar-refractivity contribution in [2.75, 3.05) is 50.6 Å². The molecule has 0 aliphatic heterocycles. The smallest absolute Gasteiger partial charge is 0.121 e. The number of pyridine rings is 1. The van der Waals surface area contributed by atoms with Crippen LogP contribution in [0.25, 0.3) is 22.5 Å². The molecule has 0 saturated carbocycles. The molecule has 3 heterocycles. The lowest BCUT2D eigenvalue weighted by Gasteiger charge is -2.16. The number of nitrogens with zero attached hydrogens (tertiary/aromatic N) is 5. The molecule has 0 atom stereocenters. The number of benzene rings is 2. The molecule has 0 fully saturated rings. The average Bonchev–Trinajstić information content (AvgIpc) is 3.76. The van der Waals surface area contributed by atoms with Crippen LogP contribution in [0, 0.1) is 0 Å². The van der Waals surface area contributed by atoms with Crippen molar-refractivity contribution < 1.29 is 4.74 Å². The van der Waals surface area contributed by atoms with E-state index < -0.39 is 0 Å². The molecular formula is C38H46N8O. The summed E-state index contributed by atoms with van der Waals surface area (Å²) >= 11 is 0. The molecule has 5 aromatic rings. The summed E-state index contributed by atoms with van der Waals surface area (Å²) in [5.74, 6) is 0.855. The second-order valence-corrected chi connectivity index (χ2v) is 11.5. The molecule has 3 N–H and O–H groups in total. The molecule has 0 amide bonds. The van der Waals surface area contributed by atoms with Crippen molar-refractivity contribution in [3.05, 3.63) is 109 Å². The van der Waals surface area contributed by atoms with E-state index in [0.717, 1.165) is 71.9 Å². The van der Waals surface area contributed by atoms with Crippen molar-refractivity contribution in [3.8, 4) is 17.0 Å². The molecule has 9 heteroatoms. The van der Waals surface area contributed by atoms with Crippen LogP contribution >= 0.6 is 0 Å². The van der Waals surface area contributed by atoms with Crippen molar-refractivity contribution in [1.29, 1.82) is 0 Å². The average molecular weight is 631 g/mol. The standard InChI is InChI=1S/C38H46N8O/c1-4-5-23-45(3)24-11-26-47-34-16-9-14-33(28-34)43-29-40-21-19-35(39-2)37-36-17-6-7-25-46(36)44-38(37)30-12-8-13-32(27-30)42-22-18-31-15-10-20-41-31/h6-10,12-17,19-21,25,27-28,41-43H,2,4-5,11,18,22-24,26,29H2,1,3H3/b35-19-,40-21-. The number of hydrogen-bond donors (Lipinski definition) is 3. The molecule has 5 rings (SSSR count).